The first kappa shape index (κ1) is 25.0. The third-order valence-corrected chi connectivity index (χ3v) is 6.91. The van der Waals surface area contributed by atoms with E-state index in [2.05, 4.69) is 11.3 Å². The van der Waals surface area contributed by atoms with Gasteiger partial charge in [0.15, 0.2) is 6.67 Å². The molecule has 1 rings (SSSR count). The molecule has 0 heterocycles. The van der Waals surface area contributed by atoms with Crippen LogP contribution in [0.4, 0.5) is 45.2 Å². The van der Waals surface area contributed by atoms with Crippen molar-refractivity contribution in [1.82, 2.24) is 0 Å². The first-order valence-corrected chi connectivity index (χ1v) is 10.8. The average molecular weight is 453 g/mol. The van der Waals surface area contributed by atoms with Crippen molar-refractivity contribution in [2.75, 3.05) is 11.6 Å². The molecule has 0 bridgehead atoms. The summed E-state index contributed by atoms with van der Waals surface area (Å²) < 4.78 is 123. The van der Waals surface area contributed by atoms with E-state index >= 15 is 0 Å². The molecule has 0 aliphatic rings. The first-order valence-electron chi connectivity index (χ1n) is 7.75. The lowest BCUT2D eigenvalue weighted by Gasteiger charge is -2.44. The Hall–Kier alpha value is -2.02. The van der Waals surface area contributed by atoms with Crippen LogP contribution in [0.5, 0.6) is 0 Å². The lowest BCUT2D eigenvalue weighted by atomic mass is 10.1. The van der Waals surface area contributed by atoms with Crippen molar-refractivity contribution in [3.05, 3.63) is 36.5 Å². The van der Waals surface area contributed by atoms with Crippen LogP contribution >= 0.6 is 0 Å². The Kier molecular flexibility index (Phi) is 6.91. The van der Waals surface area contributed by atoms with Gasteiger partial charge in [-0.1, -0.05) is 36.1 Å². The van der Waals surface area contributed by atoms with E-state index in [1.165, 1.54) is 0 Å². The molecule has 0 unspecified atom stereocenters. The van der Waals surface area contributed by atoms with Crippen molar-refractivity contribution in [3.8, 4) is 0 Å². The zero-order valence-corrected chi connectivity index (χ0v) is 16.0. The van der Waals surface area contributed by atoms with E-state index in [0.717, 1.165) is 12.1 Å². The molecule has 1 aromatic carbocycles. The van der Waals surface area contributed by atoms with Crippen molar-refractivity contribution in [2.24, 2.45) is 0 Å². The molecule has 0 spiro atoms. The minimum Gasteiger partial charge on any atom is -0.278 e. The van der Waals surface area contributed by atoms with E-state index in [4.69, 9.17) is 0 Å². The summed E-state index contributed by atoms with van der Waals surface area (Å²) in [5, 5.41) is 0.529. The van der Waals surface area contributed by atoms with Gasteiger partial charge in [0.05, 0.1) is 0 Å². The minimum absolute atomic E-state index is 0.529. The number of carbonyl (C=O) groups excluding carboxylic acids is 1. The molecule has 13 heteroatoms. The SMILES string of the molecule is C=C[Si](C)(C)c1ccc(N(C=O)C(OC(F)(F)CF)(C(F)(F)F)C(F)(F)F)cc1. The van der Waals surface area contributed by atoms with E-state index in [1.54, 1.807) is 18.8 Å². The molecule has 164 valence electrons. The van der Waals surface area contributed by atoms with Gasteiger partial charge >= 0.3 is 24.2 Å². The third kappa shape index (κ3) is 4.77. The molecule has 0 aromatic heterocycles. The Labute approximate surface area is 160 Å². The molecule has 3 nitrogen and oxygen atoms in total. The highest BCUT2D eigenvalue weighted by Crippen LogP contribution is 2.51. The second kappa shape index (κ2) is 8.01. The largest absolute Gasteiger partial charge is 0.447 e. The van der Waals surface area contributed by atoms with Crippen LogP contribution in [0.25, 0.3) is 0 Å². The van der Waals surface area contributed by atoms with Gasteiger partial charge in [0.1, 0.15) is 8.07 Å². The number of nitrogens with zero attached hydrogens (tertiary/aromatic N) is 1. The van der Waals surface area contributed by atoms with E-state index in [1.807, 2.05) is 0 Å². The second-order valence-corrected chi connectivity index (χ2v) is 10.9. The van der Waals surface area contributed by atoms with Gasteiger partial charge in [-0.2, -0.15) is 35.1 Å². The highest BCUT2D eigenvalue weighted by Gasteiger charge is 2.79. The molecule has 0 atom stereocenters. The highest BCUT2D eigenvalue weighted by molar-refractivity contribution is 6.93. The topological polar surface area (TPSA) is 29.5 Å². The molecule has 0 aliphatic heterocycles. The van der Waals surface area contributed by atoms with Gasteiger partial charge in [-0.05, 0) is 12.1 Å². The second-order valence-electron chi connectivity index (χ2n) is 6.46. The monoisotopic (exact) mass is 453 g/mol. The molecule has 29 heavy (non-hydrogen) atoms. The Bertz CT molecular complexity index is 715. The van der Waals surface area contributed by atoms with E-state index in [0.29, 0.717) is 17.3 Å². The summed E-state index contributed by atoms with van der Waals surface area (Å²) in [4.78, 5) is 10.2. The van der Waals surface area contributed by atoms with Crippen molar-refractivity contribution in [1.29, 1.82) is 0 Å². The number of hydrogen-bond donors (Lipinski definition) is 0. The van der Waals surface area contributed by atoms with Gasteiger partial charge in [0.2, 0.25) is 6.41 Å². The standard InChI is InChI=1S/C16H16F9NO2Si/c1-4-29(2,3)12-7-5-11(6-8-12)26(10-27)14(15(20,21)22,16(23,24)25)28-13(18,19)9-17/h4-8,10H,1,9H2,2-3H3. The zero-order valence-electron chi connectivity index (χ0n) is 15.0. The molecule has 0 N–H and O–H groups in total. The predicted octanol–water partition coefficient (Wildman–Crippen LogP) is 4.69. The Morgan fingerprint density at radius 1 is 1.00 bits per heavy atom. The van der Waals surface area contributed by atoms with Gasteiger partial charge in [0.25, 0.3) is 0 Å². The number of anilines is 1. The van der Waals surface area contributed by atoms with Crippen LogP contribution in [0.1, 0.15) is 0 Å². The fourth-order valence-corrected chi connectivity index (χ4v) is 3.59. The number of ether oxygens (including phenoxy) is 1. The van der Waals surface area contributed by atoms with Crippen molar-refractivity contribution in [3.63, 3.8) is 0 Å². The van der Waals surface area contributed by atoms with E-state index in [-0.39, 0.29) is 0 Å². The fourth-order valence-electron chi connectivity index (χ4n) is 2.33. The molecular formula is C16H16F9NO2Si. The quantitative estimate of drug-likeness (QED) is 0.247. The average Bonchev–Trinajstić information content (AvgIpc) is 2.59. The first-order chi connectivity index (χ1) is 13.0. The molecule has 0 saturated heterocycles. The highest BCUT2D eigenvalue weighted by atomic mass is 28.3. The smallest absolute Gasteiger partial charge is 0.278 e. The maximum atomic E-state index is 13.5. The number of amides is 1. The van der Waals surface area contributed by atoms with Crippen molar-refractivity contribution < 1.29 is 49.0 Å². The minimum atomic E-state index is -6.60. The summed E-state index contributed by atoms with van der Waals surface area (Å²) in [6.45, 7) is 4.16. The zero-order chi connectivity index (χ0) is 22.9. The van der Waals surface area contributed by atoms with Crippen molar-refractivity contribution in [2.45, 2.75) is 37.3 Å². The normalized spacial score (nSPS) is 13.9. The number of benzene rings is 1. The summed E-state index contributed by atoms with van der Waals surface area (Å²) in [5.41, 5.74) is -5.29. The molecular weight excluding hydrogens is 437 g/mol. The maximum absolute atomic E-state index is 13.5. The summed E-state index contributed by atoms with van der Waals surface area (Å²) in [6, 6.07) is 3.71. The van der Waals surface area contributed by atoms with Gasteiger partial charge in [-0.25, -0.2) is 4.39 Å². The number of carbonyl (C=O) groups is 1. The lowest BCUT2D eigenvalue weighted by molar-refractivity contribution is -0.436. The molecule has 0 fully saturated rings. The van der Waals surface area contributed by atoms with Gasteiger partial charge in [-0.3, -0.25) is 14.4 Å². The third-order valence-electron chi connectivity index (χ3n) is 4.07. The fraction of sp³-hybridized carbons (Fsp3) is 0.438. The van der Waals surface area contributed by atoms with Crippen LogP contribution < -0.4 is 10.1 Å². The summed E-state index contributed by atoms with van der Waals surface area (Å²) in [5.74, 6) is 0. The summed E-state index contributed by atoms with van der Waals surface area (Å²) >= 11 is 0. The van der Waals surface area contributed by atoms with E-state index in [9.17, 15) is 44.3 Å². The molecule has 1 amide bonds. The Morgan fingerprint density at radius 3 is 1.76 bits per heavy atom. The molecule has 1 aromatic rings. The van der Waals surface area contributed by atoms with Crippen LogP contribution in [-0.4, -0.2) is 45.3 Å². The van der Waals surface area contributed by atoms with E-state index < -0.39 is 55.9 Å². The van der Waals surface area contributed by atoms with Crippen LogP contribution in [0, 0.1) is 0 Å². The molecule has 0 saturated carbocycles. The van der Waals surface area contributed by atoms with Gasteiger partial charge in [0, 0.05) is 5.69 Å². The van der Waals surface area contributed by atoms with Crippen LogP contribution in [0.2, 0.25) is 13.1 Å². The lowest BCUT2D eigenvalue weighted by Crippen LogP contribution is -2.71. The van der Waals surface area contributed by atoms with Crippen LogP contribution in [0.15, 0.2) is 36.5 Å². The molecule has 0 radical (unpaired) electrons. The molecule has 0 aliphatic carbocycles. The number of hydrogen-bond acceptors (Lipinski definition) is 2. The van der Waals surface area contributed by atoms with Crippen LogP contribution in [-0.2, 0) is 9.53 Å². The summed E-state index contributed by atoms with van der Waals surface area (Å²) in [6.07, 6.45) is -19.6. The number of alkyl halides is 9. The van der Waals surface area contributed by atoms with Gasteiger partial charge < -0.3 is 0 Å². The van der Waals surface area contributed by atoms with Gasteiger partial charge in [-0.15, -0.1) is 6.58 Å². The van der Waals surface area contributed by atoms with Crippen molar-refractivity contribution >= 4 is 25.4 Å². The number of halogens is 9. The summed E-state index contributed by atoms with van der Waals surface area (Å²) in [7, 11) is -2.27. The Morgan fingerprint density at radius 2 is 1.45 bits per heavy atom. The Balaban J connectivity index is 3.72. The number of rotatable bonds is 8. The predicted molar refractivity (Wildman–Crippen MR) is 89.1 cm³/mol. The maximum Gasteiger partial charge on any atom is 0.447 e. The van der Waals surface area contributed by atoms with Crippen LogP contribution in [0.3, 0.4) is 0 Å².